The molecule has 1 aromatic heterocycles. The number of ether oxygens (including phenoxy) is 2. The van der Waals surface area contributed by atoms with Crippen molar-refractivity contribution in [2.45, 2.75) is 71.9 Å². The molecule has 3 rings (SSSR count). The zero-order valence-corrected chi connectivity index (χ0v) is 25.2. The molecule has 0 bridgehead atoms. The van der Waals surface area contributed by atoms with Crippen molar-refractivity contribution in [2.24, 2.45) is 0 Å². The van der Waals surface area contributed by atoms with Crippen LogP contribution in [-0.2, 0) is 23.9 Å². The molecular weight excluding hydrogens is 542 g/mol. The first-order valence-electron chi connectivity index (χ1n) is 14.2. The van der Waals surface area contributed by atoms with Crippen molar-refractivity contribution in [3.05, 3.63) is 47.8 Å². The Kier molecular flexibility index (Phi) is 11.4. The van der Waals surface area contributed by atoms with Crippen LogP contribution in [0, 0.1) is 0 Å². The number of nitrogens with one attached hydrogen (secondary N) is 1. The molecule has 0 unspecified atom stereocenters. The zero-order valence-electron chi connectivity index (χ0n) is 25.2. The highest BCUT2D eigenvalue weighted by Crippen LogP contribution is 2.20. The van der Waals surface area contributed by atoms with Gasteiger partial charge in [0.1, 0.15) is 17.3 Å². The van der Waals surface area contributed by atoms with Crippen LogP contribution in [0.1, 0.15) is 76.5 Å². The number of rotatable bonds is 10. The first kappa shape index (κ1) is 32.5. The number of hydrogen-bond donors (Lipinski definition) is 1. The van der Waals surface area contributed by atoms with Gasteiger partial charge < -0.3 is 24.5 Å². The van der Waals surface area contributed by atoms with Crippen LogP contribution in [0.15, 0.2) is 36.4 Å². The van der Waals surface area contributed by atoms with Gasteiger partial charge in [-0.2, -0.15) is 0 Å². The topological polar surface area (TPSA) is 140 Å². The molecule has 1 atom stereocenters. The molecule has 2 aromatic rings. The summed E-state index contributed by atoms with van der Waals surface area (Å²) in [4.78, 5) is 67.1. The highest BCUT2D eigenvalue weighted by molar-refractivity contribution is 5.96. The van der Waals surface area contributed by atoms with Crippen LogP contribution in [-0.4, -0.2) is 88.3 Å². The maximum Gasteiger partial charge on any atom is 0.527 e. The van der Waals surface area contributed by atoms with Gasteiger partial charge >= 0.3 is 12.1 Å². The molecule has 0 aliphatic carbocycles. The molecule has 1 fully saturated rings. The first-order chi connectivity index (χ1) is 19.9. The number of piperazine rings is 1. The molecule has 2 heterocycles. The fraction of sp³-hybridized carbons (Fsp3) is 0.533. The molecule has 0 radical (unpaired) electrons. The standard InChI is InChI=1S/C30H41N5O7/c1-7-40-29(39)42-35-17-15-34(16-18-35)28(38)22(13-14-25(36)41-30(4,5)6)33-27(37)24-19-23(20(2)3)31-26(32-24)21-11-9-8-10-12-21/h8-12,19-20,22H,7,13-18H2,1-6H3,(H,33,37)/t22-/m0/s1. The van der Waals surface area contributed by atoms with Gasteiger partial charge in [-0.25, -0.2) is 14.8 Å². The predicted octanol–water partition coefficient (Wildman–Crippen LogP) is 3.72. The van der Waals surface area contributed by atoms with Crippen molar-refractivity contribution in [1.82, 2.24) is 25.2 Å². The van der Waals surface area contributed by atoms with E-state index in [1.165, 1.54) is 5.06 Å². The monoisotopic (exact) mass is 583 g/mol. The number of benzene rings is 1. The zero-order chi connectivity index (χ0) is 30.9. The van der Waals surface area contributed by atoms with E-state index in [9.17, 15) is 19.2 Å². The van der Waals surface area contributed by atoms with Crippen LogP contribution < -0.4 is 5.32 Å². The van der Waals surface area contributed by atoms with Gasteiger partial charge in [0.25, 0.3) is 5.91 Å². The lowest BCUT2D eigenvalue weighted by atomic mass is 10.1. The third-order valence-corrected chi connectivity index (χ3v) is 6.28. The molecule has 1 aromatic carbocycles. The highest BCUT2D eigenvalue weighted by Gasteiger charge is 2.31. The fourth-order valence-corrected chi connectivity index (χ4v) is 4.21. The average molecular weight is 584 g/mol. The van der Waals surface area contributed by atoms with Gasteiger partial charge in [0.05, 0.1) is 19.7 Å². The summed E-state index contributed by atoms with van der Waals surface area (Å²) < 4.78 is 10.2. The van der Waals surface area contributed by atoms with E-state index in [1.807, 2.05) is 44.2 Å². The van der Waals surface area contributed by atoms with E-state index in [0.29, 0.717) is 11.5 Å². The fourth-order valence-electron chi connectivity index (χ4n) is 4.21. The van der Waals surface area contributed by atoms with E-state index < -0.39 is 29.7 Å². The number of aromatic nitrogens is 2. The van der Waals surface area contributed by atoms with E-state index in [1.54, 1.807) is 38.7 Å². The van der Waals surface area contributed by atoms with Crippen molar-refractivity contribution in [1.29, 1.82) is 0 Å². The van der Waals surface area contributed by atoms with E-state index >= 15 is 0 Å². The molecule has 1 aliphatic heterocycles. The molecule has 2 amide bonds. The van der Waals surface area contributed by atoms with Crippen LogP contribution in [0.25, 0.3) is 11.4 Å². The number of carbonyl (C=O) groups excluding carboxylic acids is 4. The summed E-state index contributed by atoms with van der Waals surface area (Å²) >= 11 is 0. The number of carbonyl (C=O) groups is 4. The summed E-state index contributed by atoms with van der Waals surface area (Å²) in [6, 6.07) is 9.94. The maximum atomic E-state index is 13.6. The lowest BCUT2D eigenvalue weighted by molar-refractivity contribution is -0.158. The van der Waals surface area contributed by atoms with Gasteiger partial charge in [0, 0.05) is 30.8 Å². The number of hydroxylamine groups is 2. The van der Waals surface area contributed by atoms with Crippen LogP contribution in [0.2, 0.25) is 0 Å². The Morgan fingerprint density at radius 2 is 1.67 bits per heavy atom. The summed E-state index contributed by atoms with van der Waals surface area (Å²) in [5.74, 6) is -0.953. The largest absolute Gasteiger partial charge is 0.527 e. The SMILES string of the molecule is CCOC(=O)ON1CCN(C(=O)[C@H](CCC(=O)OC(C)(C)C)NC(=O)c2cc(C(C)C)nc(-c3ccccc3)n2)CC1. The minimum absolute atomic E-state index is 0.0275. The molecule has 42 heavy (non-hydrogen) atoms. The Hall–Kier alpha value is -4.06. The molecule has 12 nitrogen and oxygen atoms in total. The Morgan fingerprint density at radius 3 is 2.26 bits per heavy atom. The summed E-state index contributed by atoms with van der Waals surface area (Å²) in [6.45, 7) is 12.1. The smallest absolute Gasteiger partial charge is 0.460 e. The van der Waals surface area contributed by atoms with Crippen molar-refractivity contribution in [3.8, 4) is 11.4 Å². The number of amides is 2. The van der Waals surface area contributed by atoms with E-state index in [0.717, 1.165) is 5.56 Å². The first-order valence-corrected chi connectivity index (χ1v) is 14.2. The van der Waals surface area contributed by atoms with Crippen LogP contribution >= 0.6 is 0 Å². The number of nitrogens with zero attached hydrogens (tertiary/aromatic N) is 4. The second-order valence-electron chi connectivity index (χ2n) is 11.2. The Morgan fingerprint density at radius 1 is 1.00 bits per heavy atom. The van der Waals surface area contributed by atoms with Crippen LogP contribution in [0.5, 0.6) is 0 Å². The summed E-state index contributed by atoms with van der Waals surface area (Å²) in [6.07, 6.45) is -0.844. The van der Waals surface area contributed by atoms with Crippen molar-refractivity contribution in [2.75, 3.05) is 32.8 Å². The quantitative estimate of drug-likeness (QED) is 0.412. The second-order valence-corrected chi connectivity index (χ2v) is 11.2. The Labute approximate surface area is 246 Å². The third kappa shape index (κ3) is 9.79. The lowest BCUT2D eigenvalue weighted by Gasteiger charge is -2.35. The van der Waals surface area contributed by atoms with E-state index in [2.05, 4.69) is 15.3 Å². The van der Waals surface area contributed by atoms with Gasteiger partial charge in [-0.1, -0.05) is 44.2 Å². The Bertz CT molecular complexity index is 1240. The van der Waals surface area contributed by atoms with Gasteiger partial charge in [0.2, 0.25) is 5.91 Å². The Balaban J connectivity index is 1.79. The molecule has 1 N–H and O–H groups in total. The normalized spacial score (nSPS) is 14.7. The predicted molar refractivity (Wildman–Crippen MR) is 154 cm³/mol. The van der Waals surface area contributed by atoms with Gasteiger partial charge in [0.15, 0.2) is 5.82 Å². The summed E-state index contributed by atoms with van der Waals surface area (Å²) in [7, 11) is 0. The van der Waals surface area contributed by atoms with Gasteiger partial charge in [-0.05, 0) is 46.1 Å². The van der Waals surface area contributed by atoms with E-state index in [4.69, 9.17) is 14.3 Å². The molecule has 228 valence electrons. The molecule has 0 saturated carbocycles. The van der Waals surface area contributed by atoms with Crippen LogP contribution in [0.3, 0.4) is 0 Å². The van der Waals surface area contributed by atoms with Crippen LogP contribution in [0.4, 0.5) is 4.79 Å². The maximum absolute atomic E-state index is 13.6. The molecule has 1 saturated heterocycles. The third-order valence-electron chi connectivity index (χ3n) is 6.28. The lowest BCUT2D eigenvalue weighted by Crippen LogP contribution is -2.55. The minimum atomic E-state index is -1.01. The average Bonchev–Trinajstić information content (AvgIpc) is 2.94. The number of esters is 1. The van der Waals surface area contributed by atoms with Gasteiger partial charge in [-0.15, -0.1) is 5.06 Å². The minimum Gasteiger partial charge on any atom is -0.460 e. The molecule has 12 heteroatoms. The summed E-state index contributed by atoms with van der Waals surface area (Å²) in [5, 5.41) is 4.23. The number of hydrogen-bond acceptors (Lipinski definition) is 10. The summed E-state index contributed by atoms with van der Waals surface area (Å²) in [5.41, 5.74) is 0.880. The molecular formula is C30H41N5O7. The van der Waals surface area contributed by atoms with E-state index in [-0.39, 0.29) is 63.1 Å². The highest BCUT2D eigenvalue weighted by atomic mass is 16.8. The van der Waals surface area contributed by atoms with Gasteiger partial charge in [-0.3, -0.25) is 14.4 Å². The molecule has 1 aliphatic rings. The van der Waals surface area contributed by atoms with Crippen molar-refractivity contribution in [3.63, 3.8) is 0 Å². The van der Waals surface area contributed by atoms with Crippen molar-refractivity contribution >= 4 is 23.9 Å². The second kappa shape index (κ2) is 14.7. The van der Waals surface area contributed by atoms with Crippen molar-refractivity contribution < 1.29 is 33.5 Å². The molecule has 0 spiro atoms.